The van der Waals surface area contributed by atoms with Crippen LogP contribution in [0, 0.1) is 10.1 Å². The molecule has 0 spiro atoms. The van der Waals surface area contributed by atoms with Crippen LogP contribution in [0.4, 0.5) is 17.1 Å². The van der Waals surface area contributed by atoms with Gasteiger partial charge in [-0.15, -0.1) is 0 Å². The van der Waals surface area contributed by atoms with E-state index in [1.54, 1.807) is 12.1 Å². The molecule has 0 unspecified atom stereocenters. The Morgan fingerprint density at radius 1 is 1.14 bits per heavy atom. The number of aliphatic hydroxyl groups is 1. The Morgan fingerprint density at radius 2 is 1.76 bits per heavy atom. The third-order valence-electron chi connectivity index (χ3n) is 3.55. The minimum atomic E-state index is -0.481. The first kappa shape index (κ1) is 15.0. The van der Waals surface area contributed by atoms with Crippen LogP contribution in [0.1, 0.15) is 18.1 Å². The summed E-state index contributed by atoms with van der Waals surface area (Å²) in [7, 11) is 1.89. The van der Waals surface area contributed by atoms with Crippen LogP contribution in [0.3, 0.4) is 0 Å². The van der Waals surface area contributed by atoms with Crippen LogP contribution in [0.5, 0.6) is 0 Å². The van der Waals surface area contributed by atoms with Gasteiger partial charge in [0.25, 0.3) is 5.69 Å². The lowest BCUT2D eigenvalue weighted by Gasteiger charge is -2.20. The Hall–Kier alpha value is -2.40. The van der Waals surface area contributed by atoms with Crippen LogP contribution in [0.2, 0.25) is 0 Å². The number of nitrogens with zero attached hydrogens (tertiary/aromatic N) is 2. The van der Waals surface area contributed by atoms with Crippen LogP contribution >= 0.6 is 0 Å². The molecule has 0 aliphatic carbocycles. The van der Waals surface area contributed by atoms with Gasteiger partial charge < -0.3 is 10.0 Å². The van der Waals surface area contributed by atoms with Crippen LogP contribution in [0.15, 0.2) is 42.5 Å². The van der Waals surface area contributed by atoms with E-state index in [4.69, 9.17) is 0 Å². The van der Waals surface area contributed by atoms with Gasteiger partial charge in [0, 0.05) is 24.5 Å². The van der Waals surface area contributed by atoms with Crippen LogP contribution in [-0.4, -0.2) is 17.1 Å². The first-order valence-corrected chi connectivity index (χ1v) is 6.77. The van der Waals surface area contributed by atoms with Gasteiger partial charge in [-0.25, -0.2) is 0 Å². The average molecular weight is 286 g/mol. The van der Waals surface area contributed by atoms with Crippen molar-refractivity contribution >= 4 is 17.1 Å². The van der Waals surface area contributed by atoms with Crippen molar-refractivity contribution in [2.24, 2.45) is 0 Å². The molecule has 2 aromatic carbocycles. The highest BCUT2D eigenvalue weighted by molar-refractivity contribution is 5.65. The highest BCUT2D eigenvalue weighted by atomic mass is 16.6. The molecule has 2 rings (SSSR count). The molecule has 1 N–H and O–H groups in total. The second-order valence-corrected chi connectivity index (χ2v) is 4.81. The lowest BCUT2D eigenvalue weighted by atomic mass is 10.1. The fourth-order valence-corrected chi connectivity index (χ4v) is 2.19. The number of anilines is 2. The number of hydrogen-bond donors (Lipinski definition) is 1. The standard InChI is InChI=1S/C16H18N2O3/c1-3-12-4-6-14(7-5-12)17(2)15-8-9-16(18(20)21)13(10-15)11-19/h4-10,19H,3,11H2,1-2H3. The van der Waals surface area contributed by atoms with E-state index in [0.717, 1.165) is 17.8 Å². The van der Waals surface area contributed by atoms with E-state index in [1.165, 1.54) is 11.6 Å². The van der Waals surface area contributed by atoms with Gasteiger partial charge in [-0.3, -0.25) is 10.1 Å². The maximum Gasteiger partial charge on any atom is 0.275 e. The molecule has 0 atom stereocenters. The number of aryl methyl sites for hydroxylation is 1. The van der Waals surface area contributed by atoms with Crippen molar-refractivity contribution in [3.63, 3.8) is 0 Å². The number of aliphatic hydroxyl groups excluding tert-OH is 1. The van der Waals surface area contributed by atoms with E-state index >= 15 is 0 Å². The second kappa shape index (κ2) is 6.37. The third-order valence-corrected chi connectivity index (χ3v) is 3.55. The van der Waals surface area contributed by atoms with Crippen LogP contribution < -0.4 is 4.90 Å². The largest absolute Gasteiger partial charge is 0.391 e. The molecule has 0 heterocycles. The topological polar surface area (TPSA) is 66.6 Å². The zero-order chi connectivity index (χ0) is 15.4. The Labute approximate surface area is 123 Å². The van der Waals surface area contributed by atoms with Crippen molar-refractivity contribution in [1.29, 1.82) is 0 Å². The van der Waals surface area contributed by atoms with E-state index in [0.29, 0.717) is 5.56 Å². The van der Waals surface area contributed by atoms with Gasteiger partial charge in [0.2, 0.25) is 0 Å². The molecule has 0 fully saturated rings. The lowest BCUT2D eigenvalue weighted by Crippen LogP contribution is -2.10. The summed E-state index contributed by atoms with van der Waals surface area (Å²) in [6.07, 6.45) is 0.982. The molecule has 0 bridgehead atoms. The van der Waals surface area contributed by atoms with Gasteiger partial charge in [-0.1, -0.05) is 19.1 Å². The predicted molar refractivity (Wildman–Crippen MR) is 82.9 cm³/mol. The van der Waals surface area contributed by atoms with Crippen molar-refractivity contribution in [3.05, 3.63) is 63.7 Å². The van der Waals surface area contributed by atoms with Gasteiger partial charge in [0.1, 0.15) is 0 Å². The molecule has 21 heavy (non-hydrogen) atoms. The summed E-state index contributed by atoms with van der Waals surface area (Å²) in [4.78, 5) is 12.3. The van der Waals surface area contributed by atoms with Gasteiger partial charge in [0.05, 0.1) is 17.1 Å². The molecule has 5 heteroatoms. The number of nitro groups is 1. The summed E-state index contributed by atoms with van der Waals surface area (Å²) in [6.45, 7) is 1.75. The Bertz CT molecular complexity index is 638. The fourth-order valence-electron chi connectivity index (χ4n) is 2.19. The molecule has 5 nitrogen and oxygen atoms in total. The highest BCUT2D eigenvalue weighted by Crippen LogP contribution is 2.29. The van der Waals surface area contributed by atoms with Crippen molar-refractivity contribution < 1.29 is 10.0 Å². The summed E-state index contributed by atoms with van der Waals surface area (Å²) in [5, 5.41) is 20.2. The minimum Gasteiger partial charge on any atom is -0.391 e. The quantitative estimate of drug-likeness (QED) is 0.675. The monoisotopic (exact) mass is 286 g/mol. The zero-order valence-electron chi connectivity index (χ0n) is 12.1. The highest BCUT2D eigenvalue weighted by Gasteiger charge is 2.15. The number of hydrogen-bond acceptors (Lipinski definition) is 4. The summed E-state index contributed by atoms with van der Waals surface area (Å²) in [6, 6.07) is 12.9. The molecule has 0 radical (unpaired) electrons. The summed E-state index contributed by atoms with van der Waals surface area (Å²) >= 11 is 0. The van der Waals surface area contributed by atoms with Gasteiger partial charge >= 0.3 is 0 Å². The minimum absolute atomic E-state index is 0.0593. The molecule has 0 saturated carbocycles. The van der Waals surface area contributed by atoms with Gasteiger partial charge in [-0.05, 0) is 36.2 Å². The molecule has 0 amide bonds. The van der Waals surface area contributed by atoms with Crippen LogP contribution in [-0.2, 0) is 13.0 Å². The maximum absolute atomic E-state index is 10.9. The second-order valence-electron chi connectivity index (χ2n) is 4.81. The maximum atomic E-state index is 10.9. The summed E-state index contributed by atoms with van der Waals surface area (Å²) < 4.78 is 0. The molecule has 0 aliphatic heterocycles. The first-order chi connectivity index (χ1) is 10.1. The fraction of sp³-hybridized carbons (Fsp3) is 0.250. The van der Waals surface area contributed by atoms with Crippen molar-refractivity contribution in [2.45, 2.75) is 20.0 Å². The van der Waals surface area contributed by atoms with Crippen molar-refractivity contribution in [2.75, 3.05) is 11.9 Å². The molecule has 110 valence electrons. The molecule has 0 aromatic heterocycles. The first-order valence-electron chi connectivity index (χ1n) is 6.77. The van der Waals surface area contributed by atoms with Crippen molar-refractivity contribution in [1.82, 2.24) is 0 Å². The third kappa shape index (κ3) is 3.20. The van der Waals surface area contributed by atoms with Crippen molar-refractivity contribution in [3.8, 4) is 0 Å². The van der Waals surface area contributed by atoms with E-state index in [-0.39, 0.29) is 12.3 Å². The zero-order valence-corrected chi connectivity index (χ0v) is 12.1. The number of rotatable bonds is 5. The molecular formula is C16H18N2O3. The SMILES string of the molecule is CCc1ccc(N(C)c2ccc([N+](=O)[O-])c(CO)c2)cc1. The van der Waals surface area contributed by atoms with Gasteiger partial charge in [-0.2, -0.15) is 0 Å². The Kier molecular flexibility index (Phi) is 4.55. The van der Waals surface area contributed by atoms with E-state index in [9.17, 15) is 15.2 Å². The average Bonchev–Trinajstić information content (AvgIpc) is 2.53. The van der Waals surface area contributed by atoms with E-state index in [1.807, 2.05) is 24.1 Å². The van der Waals surface area contributed by atoms with Gasteiger partial charge in [0.15, 0.2) is 0 Å². The Morgan fingerprint density at radius 3 is 2.29 bits per heavy atom. The summed E-state index contributed by atoms with van der Waals surface area (Å²) in [5.74, 6) is 0. The molecule has 2 aromatic rings. The Balaban J connectivity index is 2.33. The predicted octanol–water partition coefficient (Wildman–Crippen LogP) is 3.42. The summed E-state index contributed by atoms with van der Waals surface area (Å²) in [5.41, 5.74) is 3.30. The van der Waals surface area contributed by atoms with E-state index < -0.39 is 4.92 Å². The van der Waals surface area contributed by atoms with Crippen LogP contribution in [0.25, 0.3) is 0 Å². The lowest BCUT2D eigenvalue weighted by molar-refractivity contribution is -0.385. The smallest absolute Gasteiger partial charge is 0.275 e. The molecule has 0 saturated heterocycles. The normalized spacial score (nSPS) is 10.4. The number of nitro benzene ring substituents is 1. The molecular weight excluding hydrogens is 268 g/mol. The van der Waals surface area contributed by atoms with E-state index in [2.05, 4.69) is 19.1 Å². The molecule has 0 aliphatic rings. The number of benzene rings is 2.